The molecule has 0 spiro atoms. The summed E-state index contributed by atoms with van der Waals surface area (Å²) in [4.78, 5) is 16.4. The molecule has 0 aliphatic carbocycles. The van der Waals surface area contributed by atoms with Gasteiger partial charge < -0.3 is 4.57 Å². The van der Waals surface area contributed by atoms with Gasteiger partial charge in [0.15, 0.2) is 5.16 Å². The van der Waals surface area contributed by atoms with Gasteiger partial charge in [0.1, 0.15) is 5.82 Å². The van der Waals surface area contributed by atoms with Crippen molar-refractivity contribution in [1.82, 2.24) is 19.3 Å². The Balaban J connectivity index is 1.74. The van der Waals surface area contributed by atoms with Crippen molar-refractivity contribution in [1.29, 1.82) is 0 Å². The van der Waals surface area contributed by atoms with E-state index in [4.69, 9.17) is 0 Å². The largest absolute Gasteiger partial charge is 0.330 e. The van der Waals surface area contributed by atoms with E-state index < -0.39 is 0 Å². The highest BCUT2D eigenvalue weighted by Crippen LogP contribution is 2.20. The number of aromatic nitrogens is 4. The van der Waals surface area contributed by atoms with E-state index in [1.54, 1.807) is 23.0 Å². The molecule has 7 heteroatoms. The molecule has 0 fully saturated rings. The summed E-state index contributed by atoms with van der Waals surface area (Å²) in [5, 5.41) is 4.75. The van der Waals surface area contributed by atoms with Crippen LogP contribution < -0.4 is 5.56 Å². The molecule has 0 bridgehead atoms. The Morgan fingerprint density at radius 3 is 2.54 bits per heavy atom. The van der Waals surface area contributed by atoms with E-state index >= 15 is 0 Å². The Labute approximate surface area is 143 Å². The van der Waals surface area contributed by atoms with Crippen LogP contribution in [0.3, 0.4) is 0 Å². The fourth-order valence-corrected chi connectivity index (χ4v) is 3.24. The minimum atomic E-state index is -0.256. The predicted octanol–water partition coefficient (Wildman–Crippen LogP) is 2.54. The van der Waals surface area contributed by atoms with Gasteiger partial charge in [0.05, 0.1) is 6.20 Å². The summed E-state index contributed by atoms with van der Waals surface area (Å²) in [5.41, 5.74) is 2.37. The quantitative estimate of drug-likeness (QED) is 0.527. The average Bonchev–Trinajstić information content (AvgIpc) is 2.96. The number of hydrogen-bond donors (Lipinski definition) is 0. The zero-order valence-corrected chi connectivity index (χ0v) is 14.3. The van der Waals surface area contributed by atoms with Crippen LogP contribution in [0.15, 0.2) is 52.8 Å². The first-order valence-corrected chi connectivity index (χ1v) is 8.41. The summed E-state index contributed by atoms with van der Waals surface area (Å²) in [6.07, 6.45) is 5.96. The maximum Gasteiger partial charge on any atom is 0.277 e. The monoisotopic (exact) mass is 344 g/mol. The van der Waals surface area contributed by atoms with Crippen molar-refractivity contribution in [2.75, 3.05) is 0 Å². The van der Waals surface area contributed by atoms with Crippen molar-refractivity contribution in [2.45, 2.75) is 17.3 Å². The van der Waals surface area contributed by atoms with E-state index in [9.17, 15) is 9.18 Å². The second kappa shape index (κ2) is 7.00. The molecule has 0 atom stereocenters. The molecule has 0 saturated carbocycles. The molecule has 0 aliphatic heterocycles. The third kappa shape index (κ3) is 3.91. The van der Waals surface area contributed by atoms with Crippen LogP contribution in [0.1, 0.15) is 16.7 Å². The van der Waals surface area contributed by atoms with Crippen molar-refractivity contribution in [3.8, 4) is 0 Å². The third-order valence-corrected chi connectivity index (χ3v) is 4.67. The lowest BCUT2D eigenvalue weighted by Gasteiger charge is -2.09. The molecule has 0 saturated heterocycles. The van der Waals surface area contributed by atoms with Gasteiger partial charge in [0.25, 0.3) is 5.56 Å². The van der Waals surface area contributed by atoms with Crippen molar-refractivity contribution in [2.24, 2.45) is 14.1 Å². The normalized spacial score (nSPS) is 11.0. The molecule has 0 N–H and O–H groups in total. The van der Waals surface area contributed by atoms with Crippen molar-refractivity contribution < 1.29 is 4.39 Å². The molecule has 124 valence electrons. The molecule has 0 aliphatic rings. The number of rotatable bonds is 5. The molecule has 24 heavy (non-hydrogen) atoms. The van der Waals surface area contributed by atoms with E-state index in [2.05, 4.69) is 10.1 Å². The van der Waals surface area contributed by atoms with Gasteiger partial charge in [0.2, 0.25) is 0 Å². The second-order valence-corrected chi connectivity index (χ2v) is 6.52. The lowest BCUT2D eigenvalue weighted by molar-refractivity contribution is 0.627. The van der Waals surface area contributed by atoms with E-state index in [0.717, 1.165) is 11.1 Å². The minimum absolute atomic E-state index is 0.224. The van der Waals surface area contributed by atoms with Crippen LogP contribution in [-0.4, -0.2) is 19.3 Å². The first-order valence-electron chi connectivity index (χ1n) is 7.42. The maximum absolute atomic E-state index is 12.9. The van der Waals surface area contributed by atoms with Gasteiger partial charge in [-0.25, -0.2) is 4.39 Å². The van der Waals surface area contributed by atoms with Crippen LogP contribution in [0.4, 0.5) is 4.39 Å². The Hall–Kier alpha value is -2.41. The highest BCUT2D eigenvalue weighted by Gasteiger charge is 2.09. The second-order valence-electron chi connectivity index (χ2n) is 5.58. The number of nitrogens with zero attached hydrogens (tertiary/aromatic N) is 4. The molecule has 2 aromatic heterocycles. The summed E-state index contributed by atoms with van der Waals surface area (Å²) in [6.45, 7) is 0. The van der Waals surface area contributed by atoms with E-state index in [1.165, 1.54) is 23.9 Å². The van der Waals surface area contributed by atoms with E-state index in [1.807, 2.05) is 31.1 Å². The van der Waals surface area contributed by atoms with Crippen LogP contribution in [0, 0.1) is 5.82 Å². The minimum Gasteiger partial charge on any atom is -0.330 e. The summed E-state index contributed by atoms with van der Waals surface area (Å²) in [7, 11) is 3.71. The Kier molecular flexibility index (Phi) is 4.80. The first kappa shape index (κ1) is 16.4. The molecule has 0 amide bonds. The number of benzene rings is 1. The Bertz CT molecular complexity index is 902. The molecule has 3 aromatic rings. The smallest absolute Gasteiger partial charge is 0.277 e. The van der Waals surface area contributed by atoms with Gasteiger partial charge in [-0.05, 0) is 23.3 Å². The predicted molar refractivity (Wildman–Crippen MR) is 91.5 cm³/mol. The molecule has 3 rings (SSSR count). The van der Waals surface area contributed by atoms with Crippen LogP contribution in [0.5, 0.6) is 0 Å². The SMILES string of the molecule is Cn1cc(Cc2cn(C)c(SCc3ccc(F)cc3)nc2=O)cn1. The zero-order chi connectivity index (χ0) is 17.1. The van der Waals surface area contributed by atoms with Crippen LogP contribution in [0.2, 0.25) is 0 Å². The number of thioether (sulfide) groups is 1. The summed E-state index contributed by atoms with van der Waals surface area (Å²) >= 11 is 1.45. The van der Waals surface area contributed by atoms with Gasteiger partial charge in [-0.1, -0.05) is 23.9 Å². The van der Waals surface area contributed by atoms with E-state index in [0.29, 0.717) is 22.9 Å². The van der Waals surface area contributed by atoms with Crippen LogP contribution in [-0.2, 0) is 26.3 Å². The Morgan fingerprint density at radius 2 is 1.88 bits per heavy atom. The van der Waals surface area contributed by atoms with Gasteiger partial charge in [-0.2, -0.15) is 10.1 Å². The maximum atomic E-state index is 12.9. The molecular weight excluding hydrogens is 327 g/mol. The number of hydrogen-bond acceptors (Lipinski definition) is 4. The van der Waals surface area contributed by atoms with Gasteiger partial charge in [0, 0.05) is 44.2 Å². The summed E-state index contributed by atoms with van der Waals surface area (Å²) in [6, 6.07) is 6.33. The molecule has 1 aromatic carbocycles. The molecule has 5 nitrogen and oxygen atoms in total. The number of halogens is 1. The zero-order valence-electron chi connectivity index (χ0n) is 13.4. The van der Waals surface area contributed by atoms with Gasteiger partial charge in [-0.15, -0.1) is 0 Å². The fraction of sp³-hybridized carbons (Fsp3) is 0.235. The highest BCUT2D eigenvalue weighted by molar-refractivity contribution is 7.98. The topological polar surface area (TPSA) is 52.7 Å². The third-order valence-electron chi connectivity index (χ3n) is 3.56. The number of aryl methyl sites for hydroxylation is 2. The summed E-state index contributed by atoms with van der Waals surface area (Å²) < 4.78 is 16.5. The first-order chi connectivity index (χ1) is 11.5. The molecule has 0 unspecified atom stereocenters. The van der Waals surface area contributed by atoms with E-state index in [-0.39, 0.29) is 11.4 Å². The lowest BCUT2D eigenvalue weighted by atomic mass is 10.1. The van der Waals surface area contributed by atoms with Crippen molar-refractivity contribution in [3.05, 3.63) is 75.7 Å². The highest BCUT2D eigenvalue weighted by atomic mass is 32.2. The average molecular weight is 344 g/mol. The summed E-state index contributed by atoms with van der Waals surface area (Å²) in [5.74, 6) is 0.372. The fourth-order valence-electron chi connectivity index (χ4n) is 2.35. The van der Waals surface area contributed by atoms with Crippen molar-refractivity contribution in [3.63, 3.8) is 0 Å². The van der Waals surface area contributed by atoms with Crippen molar-refractivity contribution >= 4 is 11.8 Å². The molecule has 2 heterocycles. The molecular formula is C17H17FN4OS. The molecule has 0 radical (unpaired) electrons. The lowest BCUT2D eigenvalue weighted by Crippen LogP contribution is -2.18. The van der Waals surface area contributed by atoms with Gasteiger partial charge in [-0.3, -0.25) is 9.48 Å². The van der Waals surface area contributed by atoms with Gasteiger partial charge >= 0.3 is 0 Å². The standard InChI is InChI=1S/C17H17FN4OS/c1-21-10-14(7-13-8-19-22(2)9-13)16(23)20-17(21)24-11-12-3-5-15(18)6-4-12/h3-6,8-10H,7,11H2,1-2H3. The van der Waals surface area contributed by atoms with Crippen LogP contribution in [0.25, 0.3) is 0 Å². The van der Waals surface area contributed by atoms with Crippen LogP contribution >= 0.6 is 11.8 Å². The Morgan fingerprint density at radius 1 is 1.12 bits per heavy atom.